The number of hydrogen-bond donors (Lipinski definition) is 1. The van der Waals surface area contributed by atoms with Crippen LogP contribution in [0, 0.1) is 0 Å². The van der Waals surface area contributed by atoms with Crippen LogP contribution in [0.15, 0.2) is 23.0 Å². The van der Waals surface area contributed by atoms with Gasteiger partial charge in [0.2, 0.25) is 0 Å². The van der Waals surface area contributed by atoms with Crippen molar-refractivity contribution in [3.63, 3.8) is 0 Å². The average Bonchev–Trinajstić information content (AvgIpc) is 2.18. The van der Waals surface area contributed by atoms with E-state index in [2.05, 4.69) is 32.2 Å². The molecular weight excluding hydrogens is 170 g/mol. The topological polar surface area (TPSA) is 12.0 Å². The highest BCUT2D eigenvalue weighted by molar-refractivity contribution is 5.17. The van der Waals surface area contributed by atoms with Crippen molar-refractivity contribution in [2.45, 2.75) is 59.3 Å². The van der Waals surface area contributed by atoms with Gasteiger partial charge in [0.15, 0.2) is 0 Å². The van der Waals surface area contributed by atoms with Gasteiger partial charge in [-0.2, -0.15) is 0 Å². The molecule has 1 aliphatic carbocycles. The maximum absolute atomic E-state index is 3.54. The van der Waals surface area contributed by atoms with Crippen LogP contribution >= 0.6 is 0 Å². The molecule has 0 aromatic heterocycles. The lowest BCUT2D eigenvalue weighted by Gasteiger charge is -2.19. The van der Waals surface area contributed by atoms with Crippen LogP contribution in [-0.2, 0) is 0 Å². The van der Waals surface area contributed by atoms with Crippen molar-refractivity contribution in [2.24, 2.45) is 0 Å². The van der Waals surface area contributed by atoms with Crippen LogP contribution in [0.25, 0.3) is 0 Å². The fourth-order valence-corrected chi connectivity index (χ4v) is 1.88. The Balaban J connectivity index is 2.50. The van der Waals surface area contributed by atoms with E-state index in [-0.39, 0.29) is 0 Å². The Hall–Kier alpha value is -0.720. The summed E-state index contributed by atoms with van der Waals surface area (Å²) in [5.74, 6) is 0. The number of unbranched alkanes of at least 4 members (excludes halogenated alkanes) is 1. The Morgan fingerprint density at radius 2 is 2.07 bits per heavy atom. The molecule has 0 saturated carbocycles. The van der Waals surface area contributed by atoms with Gasteiger partial charge >= 0.3 is 0 Å². The predicted molar refractivity (Wildman–Crippen MR) is 63.0 cm³/mol. The van der Waals surface area contributed by atoms with E-state index in [1.54, 1.807) is 5.57 Å². The van der Waals surface area contributed by atoms with E-state index in [4.69, 9.17) is 0 Å². The van der Waals surface area contributed by atoms with Crippen LogP contribution in [0.1, 0.15) is 59.3 Å². The van der Waals surface area contributed by atoms with Crippen LogP contribution in [0.5, 0.6) is 0 Å². The Labute approximate surface area is 88.3 Å². The zero-order valence-electron chi connectivity index (χ0n) is 9.82. The van der Waals surface area contributed by atoms with Crippen molar-refractivity contribution in [3.05, 3.63) is 23.0 Å². The minimum Gasteiger partial charge on any atom is -0.363 e. The van der Waals surface area contributed by atoms with E-state index in [1.807, 2.05) is 0 Å². The molecule has 0 heterocycles. The lowest BCUT2D eigenvalue weighted by atomic mass is 9.97. The summed E-state index contributed by atoms with van der Waals surface area (Å²) in [6.07, 6.45) is 9.96. The van der Waals surface area contributed by atoms with E-state index >= 15 is 0 Å². The molecule has 80 valence electrons. The molecule has 0 aromatic carbocycles. The Morgan fingerprint density at radius 3 is 2.71 bits per heavy atom. The van der Waals surface area contributed by atoms with Gasteiger partial charge in [-0.1, -0.05) is 25.0 Å². The molecule has 0 saturated heterocycles. The minimum atomic E-state index is 1.19. The van der Waals surface area contributed by atoms with Crippen molar-refractivity contribution in [3.8, 4) is 0 Å². The van der Waals surface area contributed by atoms with E-state index < -0.39 is 0 Å². The number of nitrogens with one attached hydrogen (secondary N) is 1. The first-order valence-electron chi connectivity index (χ1n) is 5.86. The first-order chi connectivity index (χ1) is 6.74. The number of rotatable bonds is 4. The standard InChI is InChI=1S/C13H23N/c1-4-5-9-12(3)14-13-10-7-6-8-11(13)2/h9,14H,4-8,10H2,1-3H3/b12-9+. The smallest absolute Gasteiger partial charge is 0.0137 e. The first-order valence-corrected chi connectivity index (χ1v) is 5.86. The van der Waals surface area contributed by atoms with Gasteiger partial charge < -0.3 is 5.32 Å². The monoisotopic (exact) mass is 193 g/mol. The zero-order valence-corrected chi connectivity index (χ0v) is 9.82. The molecule has 0 bridgehead atoms. The fourth-order valence-electron chi connectivity index (χ4n) is 1.88. The summed E-state index contributed by atoms with van der Waals surface area (Å²) in [5.41, 5.74) is 4.35. The Morgan fingerprint density at radius 1 is 1.36 bits per heavy atom. The van der Waals surface area contributed by atoms with Crippen LogP contribution in [0.3, 0.4) is 0 Å². The molecule has 0 amide bonds. The SMILES string of the molecule is CCC/C=C(\C)NC1=C(C)CCCC1. The van der Waals surface area contributed by atoms with Crippen molar-refractivity contribution in [2.75, 3.05) is 0 Å². The fraction of sp³-hybridized carbons (Fsp3) is 0.692. The van der Waals surface area contributed by atoms with Gasteiger partial charge in [0.1, 0.15) is 0 Å². The third-order valence-electron chi connectivity index (χ3n) is 2.83. The molecule has 1 N–H and O–H groups in total. The van der Waals surface area contributed by atoms with Crippen LogP contribution in [0.4, 0.5) is 0 Å². The second-order valence-corrected chi connectivity index (χ2v) is 4.27. The highest BCUT2D eigenvalue weighted by Crippen LogP contribution is 2.22. The van der Waals surface area contributed by atoms with Crippen LogP contribution in [-0.4, -0.2) is 0 Å². The molecule has 14 heavy (non-hydrogen) atoms. The lowest BCUT2D eigenvalue weighted by Crippen LogP contribution is -2.15. The van der Waals surface area contributed by atoms with Crippen molar-refractivity contribution in [1.29, 1.82) is 0 Å². The maximum atomic E-state index is 3.54. The van der Waals surface area contributed by atoms with Gasteiger partial charge in [0.25, 0.3) is 0 Å². The Kier molecular flexibility index (Phi) is 4.78. The van der Waals surface area contributed by atoms with Crippen LogP contribution in [0.2, 0.25) is 0 Å². The highest BCUT2D eigenvalue weighted by Gasteiger charge is 2.08. The molecule has 0 radical (unpaired) electrons. The number of hydrogen-bond acceptors (Lipinski definition) is 1. The molecule has 0 atom stereocenters. The maximum Gasteiger partial charge on any atom is 0.0137 e. The molecule has 0 unspecified atom stereocenters. The molecule has 0 fully saturated rings. The summed E-state index contributed by atoms with van der Waals surface area (Å²) in [5, 5.41) is 3.54. The summed E-state index contributed by atoms with van der Waals surface area (Å²) >= 11 is 0. The summed E-state index contributed by atoms with van der Waals surface area (Å²) in [4.78, 5) is 0. The van der Waals surface area contributed by atoms with Crippen molar-refractivity contribution < 1.29 is 0 Å². The third kappa shape index (κ3) is 3.57. The van der Waals surface area contributed by atoms with E-state index in [9.17, 15) is 0 Å². The molecule has 1 heteroatoms. The summed E-state index contributed by atoms with van der Waals surface area (Å²) in [7, 11) is 0. The predicted octanol–water partition coefficient (Wildman–Crippen LogP) is 4.13. The molecule has 1 aliphatic rings. The second-order valence-electron chi connectivity index (χ2n) is 4.27. The quantitative estimate of drug-likeness (QED) is 0.708. The molecule has 1 rings (SSSR count). The van der Waals surface area contributed by atoms with Crippen molar-refractivity contribution in [1.82, 2.24) is 5.32 Å². The molecule has 0 spiro atoms. The van der Waals surface area contributed by atoms with Gasteiger partial charge in [-0.3, -0.25) is 0 Å². The van der Waals surface area contributed by atoms with Gasteiger partial charge in [-0.05, 0) is 46.0 Å². The van der Waals surface area contributed by atoms with Gasteiger partial charge in [0, 0.05) is 11.4 Å². The van der Waals surface area contributed by atoms with Gasteiger partial charge in [0.05, 0.1) is 0 Å². The van der Waals surface area contributed by atoms with E-state index in [1.165, 1.54) is 49.9 Å². The zero-order chi connectivity index (χ0) is 10.4. The minimum absolute atomic E-state index is 1.19. The number of allylic oxidation sites excluding steroid dienone is 4. The average molecular weight is 193 g/mol. The van der Waals surface area contributed by atoms with Crippen molar-refractivity contribution >= 4 is 0 Å². The molecular formula is C13H23N. The van der Waals surface area contributed by atoms with Gasteiger partial charge in [-0.15, -0.1) is 0 Å². The third-order valence-corrected chi connectivity index (χ3v) is 2.83. The second kappa shape index (κ2) is 5.90. The van der Waals surface area contributed by atoms with E-state index in [0.717, 1.165) is 0 Å². The van der Waals surface area contributed by atoms with Crippen LogP contribution < -0.4 is 5.32 Å². The molecule has 1 nitrogen and oxygen atoms in total. The molecule has 0 aliphatic heterocycles. The summed E-state index contributed by atoms with van der Waals surface area (Å²) in [6.45, 7) is 6.65. The lowest BCUT2D eigenvalue weighted by molar-refractivity contribution is 0.638. The largest absolute Gasteiger partial charge is 0.363 e. The van der Waals surface area contributed by atoms with E-state index in [0.29, 0.717) is 0 Å². The summed E-state index contributed by atoms with van der Waals surface area (Å²) in [6, 6.07) is 0. The first kappa shape index (κ1) is 11.4. The Bertz CT molecular complexity index is 236. The molecule has 0 aromatic rings. The van der Waals surface area contributed by atoms with Gasteiger partial charge in [-0.25, -0.2) is 0 Å². The highest BCUT2D eigenvalue weighted by atomic mass is 14.9. The summed E-state index contributed by atoms with van der Waals surface area (Å²) < 4.78 is 0. The normalized spacial score (nSPS) is 18.6.